The highest BCUT2D eigenvalue weighted by Crippen LogP contribution is 2.29. The molecule has 23 heavy (non-hydrogen) atoms. The molecule has 0 unspecified atom stereocenters. The molecule has 3 heteroatoms. The van der Waals surface area contributed by atoms with Gasteiger partial charge in [-0.15, -0.1) is 0 Å². The predicted molar refractivity (Wildman–Crippen MR) is 95.7 cm³/mol. The summed E-state index contributed by atoms with van der Waals surface area (Å²) < 4.78 is 1.85. The van der Waals surface area contributed by atoms with Gasteiger partial charge in [0.25, 0.3) is 5.56 Å². The Hall–Kier alpha value is -2.42. The second-order valence-corrected chi connectivity index (χ2v) is 6.36. The summed E-state index contributed by atoms with van der Waals surface area (Å²) in [4.78, 5) is 17.7. The minimum absolute atomic E-state index is 0.0794. The van der Waals surface area contributed by atoms with Crippen LogP contribution in [0.1, 0.15) is 43.7 Å². The third-order valence-corrected chi connectivity index (χ3v) is 5.01. The van der Waals surface area contributed by atoms with Crippen molar-refractivity contribution >= 4 is 27.8 Å². The van der Waals surface area contributed by atoms with Gasteiger partial charge in [-0.05, 0) is 29.9 Å². The molecule has 0 amide bonds. The third-order valence-electron chi connectivity index (χ3n) is 5.01. The van der Waals surface area contributed by atoms with Crippen LogP contribution in [-0.4, -0.2) is 9.55 Å². The third kappa shape index (κ3) is 2.27. The van der Waals surface area contributed by atoms with Crippen molar-refractivity contribution in [2.45, 2.75) is 38.1 Å². The summed E-state index contributed by atoms with van der Waals surface area (Å²) in [5, 5.41) is 2.82. The number of nitrogens with zero attached hydrogens (tertiary/aromatic N) is 2. The SMILES string of the molecule is C=Cc1cc2c(=O)n(C3CCCCC3)cnc2c2ccccc12. The Balaban J connectivity index is 2.01. The van der Waals surface area contributed by atoms with Crippen molar-refractivity contribution in [1.29, 1.82) is 0 Å². The minimum atomic E-state index is 0.0794. The molecule has 1 heterocycles. The molecule has 0 radical (unpaired) electrons. The highest BCUT2D eigenvalue weighted by molar-refractivity contribution is 6.08. The predicted octanol–water partition coefficient (Wildman–Crippen LogP) is 4.70. The van der Waals surface area contributed by atoms with E-state index in [-0.39, 0.29) is 5.56 Å². The summed E-state index contributed by atoms with van der Waals surface area (Å²) in [5.41, 5.74) is 1.87. The maximum absolute atomic E-state index is 13.0. The normalized spacial score (nSPS) is 16.0. The van der Waals surface area contributed by atoms with Crippen molar-refractivity contribution in [3.63, 3.8) is 0 Å². The van der Waals surface area contributed by atoms with Crippen molar-refractivity contribution in [3.8, 4) is 0 Å². The lowest BCUT2D eigenvalue weighted by Gasteiger charge is -2.23. The number of benzene rings is 2. The average Bonchev–Trinajstić information content (AvgIpc) is 2.62. The van der Waals surface area contributed by atoms with Gasteiger partial charge >= 0.3 is 0 Å². The largest absolute Gasteiger partial charge is 0.296 e. The Morgan fingerprint density at radius 3 is 2.57 bits per heavy atom. The van der Waals surface area contributed by atoms with Gasteiger partial charge < -0.3 is 0 Å². The van der Waals surface area contributed by atoms with Crippen molar-refractivity contribution in [2.24, 2.45) is 0 Å². The Labute approximate surface area is 135 Å². The molecule has 0 spiro atoms. The molecule has 0 bridgehead atoms. The van der Waals surface area contributed by atoms with Gasteiger partial charge in [0.1, 0.15) is 0 Å². The molecular formula is C20H20N2O. The second-order valence-electron chi connectivity index (χ2n) is 6.36. The van der Waals surface area contributed by atoms with E-state index >= 15 is 0 Å². The molecule has 1 aliphatic rings. The van der Waals surface area contributed by atoms with E-state index in [1.807, 2.05) is 34.9 Å². The lowest BCUT2D eigenvalue weighted by Crippen LogP contribution is -2.26. The fourth-order valence-electron chi connectivity index (χ4n) is 3.79. The van der Waals surface area contributed by atoms with Gasteiger partial charge in [0.05, 0.1) is 17.2 Å². The Morgan fingerprint density at radius 2 is 1.83 bits per heavy atom. The maximum Gasteiger partial charge on any atom is 0.261 e. The van der Waals surface area contributed by atoms with Crippen LogP contribution in [0.2, 0.25) is 0 Å². The summed E-state index contributed by atoms with van der Waals surface area (Å²) in [5.74, 6) is 0. The molecule has 3 nitrogen and oxygen atoms in total. The van der Waals surface area contributed by atoms with Crippen molar-refractivity contribution < 1.29 is 0 Å². The van der Waals surface area contributed by atoms with Crippen molar-refractivity contribution in [1.82, 2.24) is 9.55 Å². The highest BCUT2D eigenvalue weighted by atomic mass is 16.1. The molecule has 0 saturated heterocycles. The quantitative estimate of drug-likeness (QED) is 0.643. The first-order valence-corrected chi connectivity index (χ1v) is 8.34. The Kier molecular flexibility index (Phi) is 3.49. The second kappa shape index (κ2) is 5.65. The molecule has 2 aromatic carbocycles. The number of fused-ring (bicyclic) bond motifs is 3. The zero-order valence-electron chi connectivity index (χ0n) is 13.2. The summed E-state index contributed by atoms with van der Waals surface area (Å²) in [6.45, 7) is 3.90. The van der Waals surface area contributed by atoms with Gasteiger partial charge in [-0.2, -0.15) is 0 Å². The van der Waals surface area contributed by atoms with Crippen molar-refractivity contribution in [2.75, 3.05) is 0 Å². The molecule has 0 N–H and O–H groups in total. The van der Waals surface area contributed by atoms with Gasteiger partial charge in [0.2, 0.25) is 0 Å². The monoisotopic (exact) mass is 304 g/mol. The topological polar surface area (TPSA) is 34.9 Å². The van der Waals surface area contributed by atoms with Gasteiger partial charge in [0, 0.05) is 11.4 Å². The van der Waals surface area contributed by atoms with Crippen LogP contribution < -0.4 is 5.56 Å². The summed E-state index contributed by atoms with van der Waals surface area (Å²) >= 11 is 0. The van der Waals surface area contributed by atoms with E-state index in [0.29, 0.717) is 11.4 Å². The maximum atomic E-state index is 13.0. The van der Waals surface area contributed by atoms with Crippen LogP contribution in [0.4, 0.5) is 0 Å². The molecular weight excluding hydrogens is 284 g/mol. The summed E-state index contributed by atoms with van der Waals surface area (Å²) in [6, 6.07) is 10.3. The average molecular weight is 304 g/mol. The molecule has 116 valence electrons. The molecule has 1 aromatic heterocycles. The van der Waals surface area contributed by atoms with Gasteiger partial charge in [-0.1, -0.05) is 56.2 Å². The van der Waals surface area contributed by atoms with Crippen LogP contribution in [-0.2, 0) is 0 Å². The van der Waals surface area contributed by atoms with E-state index < -0.39 is 0 Å². The zero-order valence-corrected chi connectivity index (χ0v) is 13.2. The van der Waals surface area contributed by atoms with E-state index in [4.69, 9.17) is 0 Å². The highest BCUT2D eigenvalue weighted by Gasteiger charge is 2.18. The molecule has 3 aromatic rings. The molecule has 0 atom stereocenters. The summed E-state index contributed by atoms with van der Waals surface area (Å²) in [6.07, 6.45) is 9.40. The lowest BCUT2D eigenvalue weighted by molar-refractivity contribution is 0.345. The first kappa shape index (κ1) is 14.2. The van der Waals surface area contributed by atoms with Gasteiger partial charge in [-0.3, -0.25) is 9.36 Å². The van der Waals surface area contributed by atoms with Crippen LogP contribution in [0.5, 0.6) is 0 Å². The first-order chi connectivity index (χ1) is 11.3. The molecule has 1 saturated carbocycles. The van der Waals surface area contributed by atoms with Crippen LogP contribution >= 0.6 is 0 Å². The summed E-state index contributed by atoms with van der Waals surface area (Å²) in [7, 11) is 0. The molecule has 4 rings (SSSR count). The number of hydrogen-bond donors (Lipinski definition) is 0. The van der Waals surface area contributed by atoms with Gasteiger partial charge in [-0.25, -0.2) is 4.98 Å². The number of aromatic nitrogens is 2. The van der Waals surface area contributed by atoms with Crippen molar-refractivity contribution in [3.05, 3.63) is 59.2 Å². The van der Waals surface area contributed by atoms with Crippen LogP contribution in [0.3, 0.4) is 0 Å². The van der Waals surface area contributed by atoms with E-state index in [2.05, 4.69) is 17.6 Å². The molecule has 1 aliphatic carbocycles. The molecule has 0 aliphatic heterocycles. The van der Waals surface area contributed by atoms with Crippen LogP contribution in [0.25, 0.3) is 27.8 Å². The van der Waals surface area contributed by atoms with E-state index in [1.165, 1.54) is 19.3 Å². The van der Waals surface area contributed by atoms with Crippen LogP contribution in [0.15, 0.2) is 48.0 Å². The van der Waals surface area contributed by atoms with Crippen LogP contribution in [0, 0.1) is 0 Å². The number of rotatable bonds is 2. The Bertz CT molecular complexity index is 949. The fourth-order valence-corrected chi connectivity index (χ4v) is 3.79. The Morgan fingerprint density at radius 1 is 1.09 bits per heavy atom. The minimum Gasteiger partial charge on any atom is -0.296 e. The number of hydrogen-bond acceptors (Lipinski definition) is 2. The first-order valence-electron chi connectivity index (χ1n) is 8.34. The molecule has 1 fully saturated rings. The standard InChI is InChI=1S/C20H20N2O/c1-2-14-12-18-19(17-11-7-6-10-16(14)17)21-13-22(20(18)23)15-8-4-3-5-9-15/h2,6-7,10-13,15H,1,3-5,8-9H2. The smallest absolute Gasteiger partial charge is 0.261 e. The zero-order chi connectivity index (χ0) is 15.8. The lowest BCUT2D eigenvalue weighted by atomic mass is 9.95. The van der Waals surface area contributed by atoms with E-state index in [1.54, 1.807) is 6.33 Å². The fraction of sp³-hybridized carbons (Fsp3) is 0.300. The van der Waals surface area contributed by atoms with E-state index in [0.717, 1.165) is 34.7 Å². The van der Waals surface area contributed by atoms with Gasteiger partial charge in [0.15, 0.2) is 0 Å². The van der Waals surface area contributed by atoms with E-state index in [9.17, 15) is 4.79 Å².